The van der Waals surface area contributed by atoms with E-state index in [-0.39, 0.29) is 30.8 Å². The highest BCUT2D eigenvalue weighted by Crippen LogP contribution is 2.08. The van der Waals surface area contributed by atoms with Gasteiger partial charge in [-0.25, -0.2) is 0 Å². The molecule has 7 N–H and O–H groups in total. The zero-order valence-corrected chi connectivity index (χ0v) is 20.8. The lowest BCUT2D eigenvalue weighted by Crippen LogP contribution is -2.55. The second-order valence-corrected chi connectivity index (χ2v) is 8.82. The molecule has 0 heterocycles. The molecular weight excluding hydrogens is 456 g/mol. The second-order valence-electron chi connectivity index (χ2n) is 8.82. The summed E-state index contributed by atoms with van der Waals surface area (Å²) < 4.78 is 0. The molecule has 0 spiro atoms. The van der Waals surface area contributed by atoms with Crippen LogP contribution in [-0.2, 0) is 20.8 Å². The molecule has 36 heavy (non-hydrogen) atoms. The summed E-state index contributed by atoms with van der Waals surface area (Å²) in [4.78, 5) is 38.7. The van der Waals surface area contributed by atoms with E-state index >= 15 is 0 Å². The predicted octanol–water partition coefficient (Wildman–Crippen LogP) is 1.56. The van der Waals surface area contributed by atoms with Crippen molar-refractivity contribution in [1.29, 1.82) is 5.41 Å². The van der Waals surface area contributed by atoms with Crippen molar-refractivity contribution < 1.29 is 14.4 Å². The molecule has 0 radical (unpaired) electrons. The summed E-state index contributed by atoms with van der Waals surface area (Å²) >= 11 is 0. The topological polar surface area (TPSA) is 149 Å². The standard InChI is InChI=1S/C27H36N6O3/c1-19(2)17-22(25(35)30-15-16-31-27(28)29)33-26(36)23(18-21-11-7-4-8-12-21)32-24(34)14-13-20-9-5-3-6-10-20/h3-14,19,22-23H,15-18H2,1-2H3,(H,30,35)(H,32,34)(H,33,36)(H4,28,29,31)/b14-13+. The van der Waals surface area contributed by atoms with Gasteiger partial charge < -0.3 is 27.0 Å². The van der Waals surface area contributed by atoms with Gasteiger partial charge in [0, 0.05) is 25.6 Å². The van der Waals surface area contributed by atoms with Crippen LogP contribution in [0, 0.1) is 11.3 Å². The molecule has 9 nitrogen and oxygen atoms in total. The number of amides is 3. The van der Waals surface area contributed by atoms with Crippen molar-refractivity contribution in [3.05, 3.63) is 77.9 Å². The number of carbonyl (C=O) groups excluding carboxylic acids is 3. The quantitative estimate of drug-likeness (QED) is 0.109. The molecular formula is C27H36N6O3. The van der Waals surface area contributed by atoms with Crippen molar-refractivity contribution >= 4 is 29.8 Å². The lowest BCUT2D eigenvalue weighted by atomic mass is 10.0. The molecule has 0 aliphatic carbocycles. The van der Waals surface area contributed by atoms with Gasteiger partial charge in [-0.15, -0.1) is 0 Å². The maximum atomic E-state index is 13.3. The molecule has 0 aromatic heterocycles. The monoisotopic (exact) mass is 492 g/mol. The maximum Gasteiger partial charge on any atom is 0.244 e. The summed E-state index contributed by atoms with van der Waals surface area (Å²) in [5.41, 5.74) is 7.00. The molecule has 0 aliphatic heterocycles. The van der Waals surface area contributed by atoms with Gasteiger partial charge in [-0.1, -0.05) is 74.5 Å². The van der Waals surface area contributed by atoms with E-state index in [4.69, 9.17) is 11.1 Å². The van der Waals surface area contributed by atoms with E-state index < -0.39 is 23.9 Å². The van der Waals surface area contributed by atoms with E-state index in [2.05, 4.69) is 21.3 Å². The summed E-state index contributed by atoms with van der Waals surface area (Å²) in [7, 11) is 0. The van der Waals surface area contributed by atoms with Gasteiger partial charge >= 0.3 is 0 Å². The molecule has 2 aromatic rings. The van der Waals surface area contributed by atoms with Gasteiger partial charge in [-0.2, -0.15) is 0 Å². The fourth-order valence-electron chi connectivity index (χ4n) is 3.50. The molecule has 2 atom stereocenters. The van der Waals surface area contributed by atoms with E-state index in [1.807, 2.05) is 74.5 Å². The van der Waals surface area contributed by atoms with Crippen molar-refractivity contribution in [2.24, 2.45) is 11.7 Å². The van der Waals surface area contributed by atoms with Gasteiger partial charge in [0.15, 0.2) is 5.96 Å². The minimum Gasteiger partial charge on any atom is -0.370 e. The second kappa shape index (κ2) is 15.0. The largest absolute Gasteiger partial charge is 0.370 e. The smallest absolute Gasteiger partial charge is 0.244 e. The van der Waals surface area contributed by atoms with E-state index in [1.54, 1.807) is 6.08 Å². The van der Waals surface area contributed by atoms with Crippen LogP contribution >= 0.6 is 0 Å². The molecule has 2 aromatic carbocycles. The molecule has 0 fully saturated rings. The average Bonchev–Trinajstić information content (AvgIpc) is 2.85. The summed E-state index contributed by atoms with van der Waals surface area (Å²) in [6.07, 6.45) is 3.77. The first-order valence-corrected chi connectivity index (χ1v) is 12.0. The van der Waals surface area contributed by atoms with Crippen LogP contribution in [0.2, 0.25) is 0 Å². The van der Waals surface area contributed by atoms with Crippen molar-refractivity contribution in [3.63, 3.8) is 0 Å². The minimum absolute atomic E-state index is 0.146. The van der Waals surface area contributed by atoms with Crippen LogP contribution in [0.4, 0.5) is 0 Å². The van der Waals surface area contributed by atoms with Crippen LogP contribution in [0.25, 0.3) is 6.08 Å². The summed E-state index contributed by atoms with van der Waals surface area (Å²) in [5, 5.41) is 18.1. The molecule has 0 bridgehead atoms. The molecule has 0 saturated carbocycles. The normalized spacial score (nSPS) is 12.5. The first-order chi connectivity index (χ1) is 17.2. The number of nitrogens with two attached hydrogens (primary N) is 1. The third-order valence-electron chi connectivity index (χ3n) is 5.22. The Morgan fingerprint density at radius 2 is 1.47 bits per heavy atom. The van der Waals surface area contributed by atoms with Crippen LogP contribution in [0.3, 0.4) is 0 Å². The number of hydrogen-bond donors (Lipinski definition) is 6. The van der Waals surface area contributed by atoms with Gasteiger partial charge in [0.2, 0.25) is 17.7 Å². The number of guanidine groups is 1. The third-order valence-corrected chi connectivity index (χ3v) is 5.22. The molecule has 192 valence electrons. The Hall–Kier alpha value is -4.14. The zero-order chi connectivity index (χ0) is 26.3. The third kappa shape index (κ3) is 10.9. The van der Waals surface area contributed by atoms with Gasteiger partial charge in [0.1, 0.15) is 12.1 Å². The minimum atomic E-state index is -0.873. The molecule has 3 amide bonds. The molecule has 9 heteroatoms. The first-order valence-electron chi connectivity index (χ1n) is 12.0. The number of benzene rings is 2. The van der Waals surface area contributed by atoms with Gasteiger partial charge in [0.25, 0.3) is 0 Å². The van der Waals surface area contributed by atoms with E-state index in [0.717, 1.165) is 11.1 Å². The Morgan fingerprint density at radius 3 is 2.08 bits per heavy atom. The van der Waals surface area contributed by atoms with E-state index in [9.17, 15) is 14.4 Å². The summed E-state index contributed by atoms with van der Waals surface area (Å²) in [5.74, 6) is -1.22. The van der Waals surface area contributed by atoms with Crippen LogP contribution < -0.4 is 27.0 Å². The maximum absolute atomic E-state index is 13.3. The van der Waals surface area contributed by atoms with E-state index in [0.29, 0.717) is 13.0 Å². The predicted molar refractivity (Wildman–Crippen MR) is 142 cm³/mol. The number of nitrogens with one attached hydrogen (secondary N) is 5. The van der Waals surface area contributed by atoms with Crippen LogP contribution in [-0.4, -0.2) is 48.9 Å². The molecule has 0 saturated heterocycles. The molecule has 2 rings (SSSR count). The van der Waals surface area contributed by atoms with Crippen LogP contribution in [0.15, 0.2) is 66.7 Å². The highest BCUT2D eigenvalue weighted by molar-refractivity contribution is 5.96. The summed E-state index contributed by atoms with van der Waals surface area (Å²) in [6.45, 7) is 4.46. The van der Waals surface area contributed by atoms with E-state index in [1.165, 1.54) is 6.08 Å². The fourth-order valence-corrected chi connectivity index (χ4v) is 3.50. The Labute approximate surface area is 212 Å². The van der Waals surface area contributed by atoms with Gasteiger partial charge in [0.05, 0.1) is 0 Å². The van der Waals surface area contributed by atoms with Crippen molar-refractivity contribution in [2.45, 2.75) is 38.8 Å². The first kappa shape index (κ1) is 28.1. The molecule has 2 unspecified atom stereocenters. The molecule has 0 aliphatic rings. The Bertz CT molecular complexity index is 1020. The number of carbonyl (C=O) groups is 3. The Morgan fingerprint density at radius 1 is 0.861 bits per heavy atom. The zero-order valence-electron chi connectivity index (χ0n) is 20.8. The van der Waals surface area contributed by atoms with Gasteiger partial charge in [-0.3, -0.25) is 19.8 Å². The van der Waals surface area contributed by atoms with Crippen LogP contribution in [0.1, 0.15) is 31.4 Å². The lowest BCUT2D eigenvalue weighted by Gasteiger charge is -2.24. The SMILES string of the molecule is CC(C)CC(NC(=O)C(Cc1ccccc1)NC(=O)/C=C/c1ccccc1)C(=O)NCCNC(=N)N. The highest BCUT2D eigenvalue weighted by atomic mass is 16.2. The fraction of sp³-hybridized carbons (Fsp3) is 0.333. The van der Waals surface area contributed by atoms with Gasteiger partial charge in [-0.05, 0) is 29.5 Å². The highest BCUT2D eigenvalue weighted by Gasteiger charge is 2.27. The lowest BCUT2D eigenvalue weighted by molar-refractivity contribution is -0.131. The van der Waals surface area contributed by atoms with Crippen molar-refractivity contribution in [1.82, 2.24) is 21.3 Å². The Balaban J connectivity index is 2.11. The average molecular weight is 493 g/mol. The van der Waals surface area contributed by atoms with Crippen molar-refractivity contribution in [3.8, 4) is 0 Å². The summed E-state index contributed by atoms with van der Waals surface area (Å²) in [6, 6.07) is 17.1. The number of rotatable bonds is 13. The van der Waals surface area contributed by atoms with Crippen molar-refractivity contribution in [2.75, 3.05) is 13.1 Å². The number of hydrogen-bond acceptors (Lipinski definition) is 4. The Kier molecular flexibility index (Phi) is 11.7. The van der Waals surface area contributed by atoms with Crippen LogP contribution in [0.5, 0.6) is 0 Å².